The van der Waals surface area contributed by atoms with Gasteiger partial charge in [0.25, 0.3) is 0 Å². The largest absolute Gasteiger partial charge is 0.434 e. The van der Waals surface area contributed by atoms with Crippen LogP contribution in [0.2, 0.25) is 5.02 Å². The normalized spacial score (nSPS) is 11.2. The molecule has 0 bridgehead atoms. The van der Waals surface area contributed by atoms with Gasteiger partial charge in [0.15, 0.2) is 5.96 Å². The lowest BCUT2D eigenvalue weighted by atomic mass is 10.2. The Morgan fingerprint density at radius 3 is 2.71 bits per heavy atom. The molecule has 0 atom stereocenters. The SMILES string of the molecule is CN=C(NCCCCSC)NCc1cc(Cl)ccc1OC(F)F.I. The number of aliphatic imine (C=N–C) groups is 1. The van der Waals surface area contributed by atoms with Crippen LogP contribution in [0.25, 0.3) is 0 Å². The molecule has 0 aliphatic rings. The van der Waals surface area contributed by atoms with Gasteiger partial charge in [-0.1, -0.05) is 11.6 Å². The molecule has 2 N–H and O–H groups in total. The zero-order valence-corrected chi connectivity index (χ0v) is 17.6. The third-order valence-electron chi connectivity index (χ3n) is 2.98. The van der Waals surface area contributed by atoms with E-state index in [1.54, 1.807) is 13.1 Å². The molecule has 0 radical (unpaired) electrons. The van der Waals surface area contributed by atoms with Crippen molar-refractivity contribution in [3.63, 3.8) is 0 Å². The molecule has 0 unspecified atom stereocenters. The Labute approximate surface area is 168 Å². The van der Waals surface area contributed by atoms with E-state index >= 15 is 0 Å². The topological polar surface area (TPSA) is 45.7 Å². The van der Waals surface area contributed by atoms with Gasteiger partial charge < -0.3 is 15.4 Å². The Kier molecular flexibility index (Phi) is 13.5. The lowest BCUT2D eigenvalue weighted by Crippen LogP contribution is -2.37. The number of hydrogen-bond acceptors (Lipinski definition) is 3. The van der Waals surface area contributed by atoms with Crippen LogP contribution >= 0.6 is 47.3 Å². The van der Waals surface area contributed by atoms with Crippen LogP contribution < -0.4 is 15.4 Å². The summed E-state index contributed by atoms with van der Waals surface area (Å²) in [5.41, 5.74) is 0.545. The molecule has 0 aliphatic carbocycles. The van der Waals surface area contributed by atoms with Crippen LogP contribution in [-0.2, 0) is 6.54 Å². The molecule has 0 heterocycles. The van der Waals surface area contributed by atoms with Crippen molar-refractivity contribution in [2.75, 3.05) is 25.6 Å². The molecule has 1 aromatic carbocycles. The van der Waals surface area contributed by atoms with Crippen LogP contribution in [0.3, 0.4) is 0 Å². The monoisotopic (exact) mass is 493 g/mol. The molecule has 0 saturated heterocycles. The van der Waals surface area contributed by atoms with Gasteiger partial charge in [-0.3, -0.25) is 4.99 Å². The average molecular weight is 494 g/mol. The van der Waals surface area contributed by atoms with Crippen LogP contribution in [0.4, 0.5) is 8.78 Å². The van der Waals surface area contributed by atoms with Gasteiger partial charge in [-0.05, 0) is 43.0 Å². The van der Waals surface area contributed by atoms with E-state index in [1.165, 1.54) is 12.1 Å². The summed E-state index contributed by atoms with van der Waals surface area (Å²) in [6, 6.07) is 4.55. The molecule has 0 spiro atoms. The van der Waals surface area contributed by atoms with Gasteiger partial charge in [-0.2, -0.15) is 20.5 Å². The number of alkyl halides is 2. The molecule has 1 rings (SSSR count). The van der Waals surface area contributed by atoms with Crippen molar-refractivity contribution < 1.29 is 13.5 Å². The van der Waals surface area contributed by atoms with E-state index in [2.05, 4.69) is 26.6 Å². The highest BCUT2D eigenvalue weighted by Crippen LogP contribution is 2.24. The van der Waals surface area contributed by atoms with Gasteiger partial charge in [0.05, 0.1) is 0 Å². The number of ether oxygens (including phenoxy) is 1. The summed E-state index contributed by atoms with van der Waals surface area (Å²) in [5.74, 6) is 1.84. The maximum Gasteiger partial charge on any atom is 0.387 e. The van der Waals surface area contributed by atoms with Crippen molar-refractivity contribution in [3.05, 3.63) is 28.8 Å². The second-order valence-corrected chi connectivity index (χ2v) is 6.11. The number of nitrogens with zero attached hydrogens (tertiary/aromatic N) is 1. The lowest BCUT2D eigenvalue weighted by Gasteiger charge is -2.15. The molecule has 0 aliphatic heterocycles. The molecular formula is C15H23ClF2IN3OS. The van der Waals surface area contributed by atoms with E-state index in [4.69, 9.17) is 11.6 Å². The van der Waals surface area contributed by atoms with Crippen LogP contribution in [-0.4, -0.2) is 38.2 Å². The van der Waals surface area contributed by atoms with Crippen molar-refractivity contribution in [2.24, 2.45) is 4.99 Å². The maximum absolute atomic E-state index is 12.4. The highest BCUT2D eigenvalue weighted by Gasteiger charge is 2.10. The number of benzene rings is 1. The first kappa shape index (κ1) is 23.5. The fourth-order valence-corrected chi connectivity index (χ4v) is 2.56. The van der Waals surface area contributed by atoms with Gasteiger partial charge in [-0.15, -0.1) is 24.0 Å². The minimum Gasteiger partial charge on any atom is -0.434 e. The van der Waals surface area contributed by atoms with Crippen LogP contribution in [0.1, 0.15) is 18.4 Å². The second-order valence-electron chi connectivity index (χ2n) is 4.68. The Balaban J connectivity index is 0.00000529. The van der Waals surface area contributed by atoms with Crippen molar-refractivity contribution in [1.29, 1.82) is 0 Å². The van der Waals surface area contributed by atoms with E-state index in [9.17, 15) is 8.78 Å². The maximum atomic E-state index is 12.4. The number of nitrogens with one attached hydrogen (secondary N) is 2. The number of unbranched alkanes of at least 4 members (excludes halogenated alkanes) is 1. The summed E-state index contributed by atoms with van der Waals surface area (Å²) in [4.78, 5) is 4.10. The van der Waals surface area contributed by atoms with E-state index < -0.39 is 6.61 Å². The first-order valence-corrected chi connectivity index (χ1v) is 9.00. The predicted octanol–water partition coefficient (Wildman–Crippen LogP) is 4.37. The summed E-state index contributed by atoms with van der Waals surface area (Å²) in [5, 5.41) is 6.71. The summed E-state index contributed by atoms with van der Waals surface area (Å²) >= 11 is 7.74. The quantitative estimate of drug-likeness (QED) is 0.232. The molecule has 0 fully saturated rings. The van der Waals surface area contributed by atoms with Crippen LogP contribution in [0.5, 0.6) is 5.75 Å². The molecule has 24 heavy (non-hydrogen) atoms. The summed E-state index contributed by atoms with van der Waals surface area (Å²) < 4.78 is 29.3. The Bertz CT molecular complexity index is 510. The fourth-order valence-electron chi connectivity index (χ4n) is 1.87. The number of rotatable bonds is 9. The second kappa shape index (κ2) is 13.8. The zero-order valence-electron chi connectivity index (χ0n) is 13.7. The average Bonchev–Trinajstić information content (AvgIpc) is 2.52. The predicted molar refractivity (Wildman–Crippen MR) is 109 cm³/mol. The summed E-state index contributed by atoms with van der Waals surface area (Å²) in [6.07, 6.45) is 4.25. The first-order chi connectivity index (χ1) is 11.1. The summed E-state index contributed by atoms with van der Waals surface area (Å²) in [7, 11) is 1.66. The molecule has 0 aromatic heterocycles. The van der Waals surface area contributed by atoms with Gasteiger partial charge in [-0.25, -0.2) is 0 Å². The van der Waals surface area contributed by atoms with E-state index in [0.29, 0.717) is 16.5 Å². The summed E-state index contributed by atoms with van der Waals surface area (Å²) in [6.45, 7) is -1.78. The number of hydrogen-bond donors (Lipinski definition) is 2. The molecule has 1 aromatic rings. The Hall–Kier alpha value is -0.480. The Morgan fingerprint density at radius 2 is 2.08 bits per heavy atom. The standard InChI is InChI=1S/C15H22ClF2N3OS.HI/c1-19-15(20-7-3-4-8-23-2)21-10-11-9-12(16)5-6-13(11)22-14(17)18;/h5-6,9,14H,3-4,7-8,10H2,1-2H3,(H2,19,20,21);1H. The Morgan fingerprint density at radius 1 is 1.33 bits per heavy atom. The molecule has 138 valence electrons. The van der Waals surface area contributed by atoms with E-state index in [1.807, 2.05) is 11.8 Å². The zero-order chi connectivity index (χ0) is 17.1. The van der Waals surface area contributed by atoms with Gasteiger partial charge in [0.1, 0.15) is 5.75 Å². The number of thioether (sulfide) groups is 1. The first-order valence-electron chi connectivity index (χ1n) is 7.23. The number of halogens is 4. The van der Waals surface area contributed by atoms with E-state index in [-0.39, 0.29) is 36.3 Å². The minimum absolute atomic E-state index is 0. The fraction of sp³-hybridized carbons (Fsp3) is 0.533. The highest BCUT2D eigenvalue weighted by atomic mass is 127. The van der Waals surface area contributed by atoms with Gasteiger partial charge >= 0.3 is 6.61 Å². The molecule has 0 amide bonds. The molecule has 9 heteroatoms. The van der Waals surface area contributed by atoms with Crippen molar-refractivity contribution in [3.8, 4) is 5.75 Å². The van der Waals surface area contributed by atoms with Gasteiger partial charge in [0.2, 0.25) is 0 Å². The van der Waals surface area contributed by atoms with Crippen LogP contribution in [0.15, 0.2) is 23.2 Å². The molecular weight excluding hydrogens is 471 g/mol. The molecule has 4 nitrogen and oxygen atoms in total. The minimum atomic E-state index is -2.87. The smallest absolute Gasteiger partial charge is 0.387 e. The van der Waals surface area contributed by atoms with Crippen LogP contribution in [0, 0.1) is 0 Å². The lowest BCUT2D eigenvalue weighted by molar-refractivity contribution is -0.0504. The van der Waals surface area contributed by atoms with Crippen molar-refractivity contribution in [1.82, 2.24) is 10.6 Å². The third kappa shape index (κ3) is 9.73. The van der Waals surface area contributed by atoms with Gasteiger partial charge in [0, 0.05) is 30.7 Å². The van der Waals surface area contributed by atoms with Crippen molar-refractivity contribution in [2.45, 2.75) is 26.0 Å². The highest BCUT2D eigenvalue weighted by molar-refractivity contribution is 14.0. The molecule has 0 saturated carbocycles. The van der Waals surface area contributed by atoms with E-state index in [0.717, 1.165) is 25.1 Å². The number of guanidine groups is 1. The third-order valence-corrected chi connectivity index (χ3v) is 3.91. The van der Waals surface area contributed by atoms with Crippen molar-refractivity contribution >= 4 is 53.3 Å².